The van der Waals surface area contributed by atoms with Gasteiger partial charge in [0.05, 0.1) is 4.88 Å². The average Bonchev–Trinajstić information content (AvgIpc) is 2.96. The van der Waals surface area contributed by atoms with Crippen molar-refractivity contribution in [2.75, 3.05) is 0 Å². The summed E-state index contributed by atoms with van der Waals surface area (Å²) in [6.07, 6.45) is 2.29. The number of hydrogen-bond donors (Lipinski definition) is 1. The number of sulfonamides is 1. The van der Waals surface area contributed by atoms with E-state index in [9.17, 15) is 8.42 Å². The molecule has 2 rings (SSSR count). The third-order valence-electron chi connectivity index (χ3n) is 2.81. The minimum atomic E-state index is -3.53. The Morgan fingerprint density at radius 1 is 1.53 bits per heavy atom. The summed E-state index contributed by atoms with van der Waals surface area (Å²) in [5.41, 5.74) is 0.508. The average molecular weight is 299 g/mol. The summed E-state index contributed by atoms with van der Waals surface area (Å²) in [4.78, 5) is 1.09. The molecule has 0 saturated heterocycles. The summed E-state index contributed by atoms with van der Waals surface area (Å²) in [5.74, 6) is 0. The predicted molar refractivity (Wildman–Crippen MR) is 76.6 cm³/mol. The SMILES string of the molecule is CCC(C)NS(=O)(=O)c1cn(C)nc1-c1cccs1. The van der Waals surface area contributed by atoms with Gasteiger partial charge >= 0.3 is 0 Å². The first-order valence-corrected chi connectivity index (χ1v) is 8.40. The summed E-state index contributed by atoms with van der Waals surface area (Å²) in [7, 11) is -1.81. The van der Waals surface area contributed by atoms with E-state index in [4.69, 9.17) is 0 Å². The zero-order valence-electron chi connectivity index (χ0n) is 11.1. The van der Waals surface area contributed by atoms with Crippen molar-refractivity contribution in [1.82, 2.24) is 14.5 Å². The molecule has 0 saturated carbocycles. The van der Waals surface area contributed by atoms with E-state index in [-0.39, 0.29) is 10.9 Å². The predicted octanol–water partition coefficient (Wildman–Crippen LogP) is 2.23. The number of hydrogen-bond acceptors (Lipinski definition) is 4. The molecule has 2 aromatic heterocycles. The van der Waals surface area contributed by atoms with Crippen molar-refractivity contribution in [2.24, 2.45) is 7.05 Å². The maximum absolute atomic E-state index is 12.4. The minimum absolute atomic E-state index is 0.0959. The van der Waals surface area contributed by atoms with Gasteiger partial charge in [0.2, 0.25) is 10.0 Å². The number of aromatic nitrogens is 2. The van der Waals surface area contributed by atoms with Crippen LogP contribution in [0.2, 0.25) is 0 Å². The number of thiophene rings is 1. The Morgan fingerprint density at radius 3 is 2.84 bits per heavy atom. The number of nitrogens with zero attached hydrogens (tertiary/aromatic N) is 2. The fourth-order valence-corrected chi connectivity index (χ4v) is 3.97. The molecule has 1 unspecified atom stereocenters. The van der Waals surface area contributed by atoms with Crippen LogP contribution in [-0.2, 0) is 17.1 Å². The van der Waals surface area contributed by atoms with Crippen LogP contribution in [0, 0.1) is 0 Å². The molecule has 104 valence electrons. The summed E-state index contributed by atoms with van der Waals surface area (Å²) in [5, 5.41) is 6.17. The van der Waals surface area contributed by atoms with Crippen molar-refractivity contribution < 1.29 is 8.42 Å². The third kappa shape index (κ3) is 3.05. The molecule has 0 bridgehead atoms. The molecular formula is C12H17N3O2S2. The Balaban J connectivity index is 2.45. The van der Waals surface area contributed by atoms with E-state index in [0.29, 0.717) is 5.69 Å². The first kappa shape index (κ1) is 14.2. The molecule has 1 atom stereocenters. The van der Waals surface area contributed by atoms with Crippen LogP contribution < -0.4 is 4.72 Å². The lowest BCUT2D eigenvalue weighted by Crippen LogP contribution is -2.32. The smallest absolute Gasteiger partial charge is 0.244 e. The quantitative estimate of drug-likeness (QED) is 0.920. The molecule has 0 aliphatic rings. The fraction of sp³-hybridized carbons (Fsp3) is 0.417. The van der Waals surface area contributed by atoms with Crippen LogP contribution in [0.25, 0.3) is 10.6 Å². The lowest BCUT2D eigenvalue weighted by molar-refractivity contribution is 0.556. The van der Waals surface area contributed by atoms with Gasteiger partial charge in [-0.25, -0.2) is 13.1 Å². The van der Waals surface area contributed by atoms with Gasteiger partial charge in [-0.3, -0.25) is 4.68 Å². The first-order valence-electron chi connectivity index (χ1n) is 6.04. The molecule has 0 aliphatic heterocycles. The number of aryl methyl sites for hydroxylation is 1. The van der Waals surface area contributed by atoms with Crippen LogP contribution in [0.1, 0.15) is 20.3 Å². The van der Waals surface area contributed by atoms with E-state index in [1.807, 2.05) is 31.4 Å². The van der Waals surface area contributed by atoms with Gasteiger partial charge in [0.1, 0.15) is 10.6 Å². The lowest BCUT2D eigenvalue weighted by atomic mass is 10.3. The molecule has 19 heavy (non-hydrogen) atoms. The summed E-state index contributed by atoms with van der Waals surface area (Å²) in [6.45, 7) is 3.79. The molecule has 2 heterocycles. The highest BCUT2D eigenvalue weighted by Gasteiger charge is 2.24. The Kier molecular flexibility index (Phi) is 4.07. The second kappa shape index (κ2) is 5.44. The number of nitrogens with one attached hydrogen (secondary N) is 1. The van der Waals surface area contributed by atoms with Crippen molar-refractivity contribution in [3.05, 3.63) is 23.7 Å². The maximum atomic E-state index is 12.4. The lowest BCUT2D eigenvalue weighted by Gasteiger charge is -2.11. The normalized spacial score (nSPS) is 13.6. The van der Waals surface area contributed by atoms with Crippen molar-refractivity contribution in [2.45, 2.75) is 31.2 Å². The van der Waals surface area contributed by atoms with Gasteiger partial charge < -0.3 is 0 Å². The Morgan fingerprint density at radius 2 is 2.26 bits per heavy atom. The van der Waals surface area contributed by atoms with Crippen molar-refractivity contribution >= 4 is 21.4 Å². The van der Waals surface area contributed by atoms with Gasteiger partial charge in [0, 0.05) is 19.3 Å². The van der Waals surface area contributed by atoms with Gasteiger partial charge in [-0.15, -0.1) is 11.3 Å². The molecule has 0 amide bonds. The highest BCUT2D eigenvalue weighted by Crippen LogP contribution is 2.29. The zero-order chi connectivity index (χ0) is 14.0. The highest BCUT2D eigenvalue weighted by atomic mass is 32.2. The number of rotatable bonds is 5. The largest absolute Gasteiger partial charge is 0.274 e. The molecule has 5 nitrogen and oxygen atoms in total. The van der Waals surface area contributed by atoms with Crippen LogP contribution in [0.4, 0.5) is 0 Å². The van der Waals surface area contributed by atoms with E-state index >= 15 is 0 Å². The highest BCUT2D eigenvalue weighted by molar-refractivity contribution is 7.89. The summed E-state index contributed by atoms with van der Waals surface area (Å²) >= 11 is 1.48. The Labute approximate surface area is 117 Å². The maximum Gasteiger partial charge on any atom is 0.244 e. The van der Waals surface area contributed by atoms with E-state index in [2.05, 4.69) is 9.82 Å². The van der Waals surface area contributed by atoms with Gasteiger partial charge in [0.15, 0.2) is 0 Å². The first-order chi connectivity index (χ1) is 8.94. The monoisotopic (exact) mass is 299 g/mol. The summed E-state index contributed by atoms with van der Waals surface area (Å²) < 4.78 is 28.9. The standard InChI is InChI=1S/C12H17N3O2S2/c1-4-9(2)14-19(16,17)11-8-15(3)13-12(11)10-6-5-7-18-10/h5-9,14H,4H2,1-3H3. The fourth-order valence-electron chi connectivity index (χ4n) is 1.66. The van der Waals surface area contributed by atoms with Gasteiger partial charge in [-0.2, -0.15) is 5.10 Å². The molecule has 0 aliphatic carbocycles. The minimum Gasteiger partial charge on any atom is -0.274 e. The second-order valence-corrected chi connectivity index (χ2v) is 7.05. The second-order valence-electron chi connectivity index (χ2n) is 4.42. The Hall–Kier alpha value is -1.18. The van der Waals surface area contributed by atoms with E-state index in [0.717, 1.165) is 11.3 Å². The van der Waals surface area contributed by atoms with Gasteiger partial charge in [-0.1, -0.05) is 13.0 Å². The Bertz CT molecular complexity index is 645. The molecule has 0 radical (unpaired) electrons. The van der Waals surface area contributed by atoms with Crippen LogP contribution in [-0.4, -0.2) is 24.2 Å². The molecule has 0 fully saturated rings. The molecule has 0 spiro atoms. The van der Waals surface area contributed by atoms with E-state index < -0.39 is 10.0 Å². The molecule has 1 N–H and O–H groups in total. The third-order valence-corrected chi connectivity index (χ3v) is 5.28. The molecular weight excluding hydrogens is 282 g/mol. The van der Waals surface area contributed by atoms with E-state index in [1.165, 1.54) is 16.0 Å². The zero-order valence-corrected chi connectivity index (χ0v) is 12.8. The molecule has 7 heteroatoms. The van der Waals surface area contributed by atoms with E-state index in [1.54, 1.807) is 13.2 Å². The summed E-state index contributed by atoms with van der Waals surface area (Å²) in [6, 6.07) is 3.66. The van der Waals surface area contributed by atoms with Crippen molar-refractivity contribution in [1.29, 1.82) is 0 Å². The topological polar surface area (TPSA) is 64.0 Å². The van der Waals surface area contributed by atoms with Gasteiger partial charge in [0.25, 0.3) is 0 Å². The van der Waals surface area contributed by atoms with Crippen LogP contribution in [0.3, 0.4) is 0 Å². The molecule has 0 aromatic carbocycles. The van der Waals surface area contributed by atoms with Crippen molar-refractivity contribution in [3.8, 4) is 10.6 Å². The van der Waals surface area contributed by atoms with Gasteiger partial charge in [-0.05, 0) is 24.8 Å². The van der Waals surface area contributed by atoms with Crippen LogP contribution in [0.15, 0.2) is 28.6 Å². The van der Waals surface area contributed by atoms with Crippen LogP contribution >= 0.6 is 11.3 Å². The van der Waals surface area contributed by atoms with Crippen molar-refractivity contribution in [3.63, 3.8) is 0 Å². The van der Waals surface area contributed by atoms with Crippen LogP contribution in [0.5, 0.6) is 0 Å². The molecule has 2 aromatic rings.